The molecule has 0 radical (unpaired) electrons. The summed E-state index contributed by atoms with van der Waals surface area (Å²) in [6.45, 7) is 0. The van der Waals surface area contributed by atoms with Gasteiger partial charge in [0, 0.05) is 0 Å². The first kappa shape index (κ1) is 17.0. The number of carboxylic acids is 1. The molecule has 0 saturated heterocycles. The maximum atomic E-state index is 10.1. The molecule has 0 spiro atoms. The molecule has 0 heterocycles. The van der Waals surface area contributed by atoms with Crippen molar-refractivity contribution >= 4 is 5.97 Å². The highest BCUT2D eigenvalue weighted by atomic mass is 16.4. The predicted octanol–water partition coefficient (Wildman–Crippen LogP) is 2.27. The van der Waals surface area contributed by atoms with E-state index >= 15 is 0 Å². The number of hydrogen-bond donors (Lipinski definition) is 1. The van der Waals surface area contributed by atoms with E-state index in [2.05, 4.69) is 5.32 Å². The molecule has 2 aliphatic rings. The van der Waals surface area contributed by atoms with Gasteiger partial charge in [-0.05, 0) is 56.9 Å². The summed E-state index contributed by atoms with van der Waals surface area (Å²) in [7, 11) is 0. The summed E-state index contributed by atoms with van der Waals surface area (Å²) in [6.07, 6.45) is 15.0. The van der Waals surface area contributed by atoms with Crippen molar-refractivity contribution < 1.29 is 15.2 Å². The summed E-state index contributed by atoms with van der Waals surface area (Å²) in [5.74, 6) is -1.13. The molecular weight excluding hydrogens is 274 g/mol. The number of carbonyl (C=O) groups excluding carboxylic acids is 1. The van der Waals surface area contributed by atoms with E-state index in [0.717, 1.165) is 12.1 Å². The lowest BCUT2D eigenvalue weighted by Crippen LogP contribution is -2.95. The monoisotopic (exact) mass is 303 g/mol. The van der Waals surface area contributed by atoms with Gasteiger partial charge in [-0.1, -0.05) is 43.2 Å². The highest BCUT2D eigenvalue weighted by Crippen LogP contribution is 2.18. The second-order valence-electron chi connectivity index (χ2n) is 6.64. The molecule has 1 aromatic rings. The lowest BCUT2D eigenvalue weighted by molar-refractivity contribution is -0.725. The van der Waals surface area contributed by atoms with E-state index in [1.165, 1.54) is 76.3 Å². The Kier molecular flexibility index (Phi) is 7.44. The molecule has 2 saturated carbocycles. The zero-order chi connectivity index (χ0) is 15.6. The molecule has 22 heavy (non-hydrogen) atoms. The van der Waals surface area contributed by atoms with Crippen molar-refractivity contribution in [2.24, 2.45) is 0 Å². The van der Waals surface area contributed by atoms with E-state index in [9.17, 15) is 9.90 Å². The number of carbonyl (C=O) groups is 1. The van der Waals surface area contributed by atoms with Crippen LogP contribution in [0, 0.1) is 0 Å². The fourth-order valence-electron chi connectivity index (χ4n) is 3.61. The van der Waals surface area contributed by atoms with Crippen LogP contribution in [0.5, 0.6) is 0 Å². The smallest absolute Gasteiger partial charge is 0.0861 e. The van der Waals surface area contributed by atoms with Gasteiger partial charge >= 0.3 is 0 Å². The van der Waals surface area contributed by atoms with Gasteiger partial charge < -0.3 is 15.2 Å². The second kappa shape index (κ2) is 9.62. The van der Waals surface area contributed by atoms with Gasteiger partial charge in [-0.3, -0.25) is 0 Å². The first-order valence-corrected chi connectivity index (χ1v) is 8.87. The number of carboxylic acid groups (broad SMARTS) is 1. The van der Waals surface area contributed by atoms with Crippen LogP contribution in [0.4, 0.5) is 0 Å². The van der Waals surface area contributed by atoms with Gasteiger partial charge in [0.2, 0.25) is 0 Å². The van der Waals surface area contributed by atoms with Gasteiger partial charge in [-0.2, -0.15) is 0 Å². The predicted molar refractivity (Wildman–Crippen MR) is 86.4 cm³/mol. The number of aromatic carboxylic acids is 1. The van der Waals surface area contributed by atoms with Crippen molar-refractivity contribution in [2.45, 2.75) is 76.3 Å². The van der Waals surface area contributed by atoms with Crippen molar-refractivity contribution in [3.63, 3.8) is 0 Å². The number of quaternary nitrogens is 1. The third-order valence-corrected chi connectivity index (χ3v) is 4.85. The lowest BCUT2D eigenvalue weighted by atomic mass is 9.91. The Morgan fingerprint density at radius 1 is 0.818 bits per heavy atom. The molecule has 0 bridgehead atoms. The van der Waals surface area contributed by atoms with E-state index in [-0.39, 0.29) is 5.56 Å². The van der Waals surface area contributed by atoms with Crippen LogP contribution in [-0.2, 0) is 0 Å². The van der Waals surface area contributed by atoms with E-state index in [0.29, 0.717) is 0 Å². The molecule has 0 aromatic heterocycles. The molecule has 1 aromatic carbocycles. The summed E-state index contributed by atoms with van der Waals surface area (Å²) < 4.78 is 0. The average Bonchev–Trinajstić information content (AvgIpc) is 2.58. The minimum atomic E-state index is -1.13. The largest absolute Gasteiger partial charge is 0.545 e. The van der Waals surface area contributed by atoms with Gasteiger partial charge in [0.25, 0.3) is 0 Å². The highest BCUT2D eigenvalue weighted by Gasteiger charge is 2.22. The van der Waals surface area contributed by atoms with Crippen LogP contribution in [0.3, 0.4) is 0 Å². The minimum absolute atomic E-state index is 0.220. The van der Waals surface area contributed by atoms with Crippen molar-refractivity contribution in [1.82, 2.24) is 0 Å². The lowest BCUT2D eigenvalue weighted by Gasteiger charge is -2.27. The Hall–Kier alpha value is -1.35. The van der Waals surface area contributed by atoms with Crippen molar-refractivity contribution in [3.8, 4) is 0 Å². The van der Waals surface area contributed by atoms with E-state index in [4.69, 9.17) is 0 Å². The summed E-state index contributed by atoms with van der Waals surface area (Å²) in [5, 5.41) is 12.8. The molecule has 0 unspecified atom stereocenters. The van der Waals surface area contributed by atoms with Crippen LogP contribution in [0.25, 0.3) is 0 Å². The molecule has 2 N–H and O–H groups in total. The summed E-state index contributed by atoms with van der Waals surface area (Å²) in [4.78, 5) is 10.1. The molecule has 2 aliphatic carbocycles. The average molecular weight is 303 g/mol. The molecule has 2 fully saturated rings. The molecule has 0 amide bonds. The summed E-state index contributed by atoms with van der Waals surface area (Å²) in [6, 6.07) is 10.1. The topological polar surface area (TPSA) is 56.7 Å². The van der Waals surface area contributed by atoms with Crippen molar-refractivity contribution in [1.29, 1.82) is 0 Å². The Morgan fingerprint density at radius 2 is 1.27 bits per heavy atom. The normalized spacial score (nSPS) is 20.0. The van der Waals surface area contributed by atoms with Gasteiger partial charge in [0.05, 0.1) is 18.1 Å². The molecule has 3 heteroatoms. The summed E-state index contributed by atoms with van der Waals surface area (Å²) in [5.41, 5.74) is 0.220. The van der Waals surface area contributed by atoms with Gasteiger partial charge in [0.1, 0.15) is 0 Å². The Labute approximate surface area is 134 Å². The van der Waals surface area contributed by atoms with Crippen LogP contribution in [-0.4, -0.2) is 18.1 Å². The van der Waals surface area contributed by atoms with Gasteiger partial charge in [0.15, 0.2) is 0 Å². The zero-order valence-corrected chi connectivity index (χ0v) is 13.5. The standard InChI is InChI=1S/C12H23N.C7H6O2/c1-3-7-11(8-4-1)13-12-9-5-2-6-10-12;8-7(9)6-4-2-1-3-5-6/h11-13H,1-10H2;1-5H,(H,8,9). The van der Waals surface area contributed by atoms with E-state index < -0.39 is 5.97 Å². The Bertz CT molecular complexity index is 404. The Balaban J connectivity index is 0.000000172. The molecule has 3 nitrogen and oxygen atoms in total. The first-order valence-electron chi connectivity index (χ1n) is 8.87. The van der Waals surface area contributed by atoms with Crippen LogP contribution < -0.4 is 10.4 Å². The number of nitrogens with two attached hydrogens (primary N) is 1. The maximum absolute atomic E-state index is 10.1. The number of rotatable bonds is 3. The SMILES string of the molecule is C1CCC([NH2+]C2CCCCC2)CC1.O=C([O-])c1ccccc1. The fraction of sp³-hybridized carbons (Fsp3) is 0.632. The quantitative estimate of drug-likeness (QED) is 0.931. The van der Waals surface area contributed by atoms with Crippen LogP contribution in [0.2, 0.25) is 0 Å². The van der Waals surface area contributed by atoms with Crippen molar-refractivity contribution in [2.75, 3.05) is 0 Å². The Morgan fingerprint density at radius 3 is 1.64 bits per heavy atom. The second-order valence-corrected chi connectivity index (χ2v) is 6.64. The molecule has 0 atom stereocenters. The summed E-state index contributed by atoms with van der Waals surface area (Å²) >= 11 is 0. The van der Waals surface area contributed by atoms with Crippen LogP contribution in [0.15, 0.2) is 30.3 Å². The molecule has 3 rings (SSSR count). The first-order chi connectivity index (χ1) is 10.8. The van der Waals surface area contributed by atoms with Crippen LogP contribution in [0.1, 0.15) is 74.6 Å². The number of hydrogen-bond acceptors (Lipinski definition) is 2. The zero-order valence-electron chi connectivity index (χ0n) is 13.5. The van der Waals surface area contributed by atoms with Crippen LogP contribution >= 0.6 is 0 Å². The molecule has 122 valence electrons. The molecular formula is C19H29NO2. The van der Waals surface area contributed by atoms with E-state index in [1.54, 1.807) is 18.2 Å². The van der Waals surface area contributed by atoms with Gasteiger partial charge in [-0.15, -0.1) is 0 Å². The minimum Gasteiger partial charge on any atom is -0.545 e. The van der Waals surface area contributed by atoms with E-state index in [1.807, 2.05) is 0 Å². The van der Waals surface area contributed by atoms with Gasteiger partial charge in [-0.25, -0.2) is 0 Å². The maximum Gasteiger partial charge on any atom is 0.0861 e. The molecule has 0 aliphatic heterocycles. The third-order valence-electron chi connectivity index (χ3n) is 4.85. The highest BCUT2D eigenvalue weighted by molar-refractivity contribution is 5.85. The van der Waals surface area contributed by atoms with Crippen molar-refractivity contribution in [3.05, 3.63) is 35.9 Å². The third kappa shape index (κ3) is 6.18. The fourth-order valence-corrected chi connectivity index (χ4v) is 3.61. The number of benzene rings is 1.